The van der Waals surface area contributed by atoms with E-state index in [1.807, 2.05) is 0 Å². The molecule has 2 nitrogen and oxygen atoms in total. The molecule has 5 heteroatoms. The summed E-state index contributed by atoms with van der Waals surface area (Å²) >= 11 is 2.42. The Morgan fingerprint density at radius 2 is 0.818 bits per heavy atom. The average Bonchev–Trinajstić information content (AvgIpc) is 2.81. The van der Waals surface area contributed by atoms with Crippen molar-refractivity contribution in [2.75, 3.05) is 13.2 Å². The maximum atomic E-state index is 7.03. The van der Waals surface area contributed by atoms with Crippen LogP contribution >= 0.6 is 11.8 Å². The highest BCUT2D eigenvalue weighted by molar-refractivity contribution is 8.03. The van der Waals surface area contributed by atoms with Gasteiger partial charge in [0.15, 0.2) is 0 Å². The van der Waals surface area contributed by atoms with Crippen LogP contribution in [0.25, 0.3) is 0 Å². The van der Waals surface area contributed by atoms with Crippen molar-refractivity contribution in [1.29, 1.82) is 0 Å². The Morgan fingerprint density at radius 3 is 1.06 bits per heavy atom. The van der Waals surface area contributed by atoms with Crippen LogP contribution in [0.15, 0.2) is 0 Å². The minimum atomic E-state index is -1.81. The molecule has 0 aliphatic rings. The third-order valence-electron chi connectivity index (χ3n) is 7.02. The highest BCUT2D eigenvalue weighted by Gasteiger charge is 2.48. The first kappa shape index (κ1) is 33.7. The molecule has 0 aromatic heterocycles. The topological polar surface area (TPSA) is 18.5 Å². The van der Waals surface area contributed by atoms with Crippen molar-refractivity contribution >= 4 is 28.4 Å². The summed E-state index contributed by atoms with van der Waals surface area (Å²) in [5.41, 5.74) is 0. The summed E-state index contributed by atoms with van der Waals surface area (Å²) in [6, 6.07) is 5.37. The first-order valence-electron chi connectivity index (χ1n) is 14.9. The molecule has 0 amide bonds. The van der Waals surface area contributed by atoms with Crippen LogP contribution < -0.4 is 0 Å². The number of thioether (sulfide) groups is 1. The third-order valence-corrected chi connectivity index (χ3v) is 21.4. The van der Waals surface area contributed by atoms with Crippen LogP contribution in [-0.2, 0) is 8.85 Å². The van der Waals surface area contributed by atoms with Crippen molar-refractivity contribution in [3.63, 3.8) is 0 Å². The molecule has 0 fully saturated rings. The zero-order chi connectivity index (χ0) is 25.0. The SMILES string of the molecule is CCCCC(SC(CCCC)[Si](CCC)(CCC)OCCC)[Si](CCC)(CCC)OCCC. The molecule has 0 radical (unpaired) electrons. The maximum absolute atomic E-state index is 7.03. The molecule has 0 saturated heterocycles. The summed E-state index contributed by atoms with van der Waals surface area (Å²) in [5.74, 6) is 0. The van der Waals surface area contributed by atoms with Gasteiger partial charge in [-0.25, -0.2) is 0 Å². The Kier molecular flexibility index (Phi) is 21.3. The molecule has 2 atom stereocenters. The lowest BCUT2D eigenvalue weighted by Gasteiger charge is -2.44. The normalized spacial score (nSPS) is 14.5. The molecule has 0 rings (SSSR count). The fraction of sp³-hybridized carbons (Fsp3) is 1.00. The molecule has 0 aliphatic heterocycles. The molecular formula is C28H62O2SSi2. The van der Waals surface area contributed by atoms with Gasteiger partial charge in [-0.15, -0.1) is 0 Å². The van der Waals surface area contributed by atoms with Crippen LogP contribution in [0.1, 0.15) is 132 Å². The fourth-order valence-electron chi connectivity index (χ4n) is 5.56. The van der Waals surface area contributed by atoms with Gasteiger partial charge in [0.05, 0.1) is 0 Å². The number of hydrogen-bond acceptors (Lipinski definition) is 3. The molecule has 200 valence electrons. The van der Waals surface area contributed by atoms with Crippen molar-refractivity contribution in [3.05, 3.63) is 0 Å². The number of unbranched alkanes of at least 4 members (excludes halogenated alkanes) is 2. The van der Waals surface area contributed by atoms with Crippen LogP contribution in [0.5, 0.6) is 0 Å². The molecule has 2 unspecified atom stereocenters. The number of rotatable bonds is 24. The van der Waals surface area contributed by atoms with Gasteiger partial charge in [0, 0.05) is 23.0 Å². The average molecular weight is 519 g/mol. The first-order chi connectivity index (χ1) is 16.0. The van der Waals surface area contributed by atoms with E-state index in [9.17, 15) is 0 Å². The summed E-state index contributed by atoms with van der Waals surface area (Å²) in [7, 11) is -3.62. The van der Waals surface area contributed by atoms with E-state index in [4.69, 9.17) is 8.85 Å². The Balaban J connectivity index is 6.32. The van der Waals surface area contributed by atoms with E-state index < -0.39 is 16.6 Å². The molecule has 0 bridgehead atoms. The summed E-state index contributed by atoms with van der Waals surface area (Å²) in [5, 5.41) is 0. The summed E-state index contributed by atoms with van der Waals surface area (Å²) in [6.45, 7) is 20.8. The second kappa shape index (κ2) is 20.9. The minimum Gasteiger partial charge on any atom is -0.416 e. The van der Waals surface area contributed by atoms with Gasteiger partial charge in [0.25, 0.3) is 0 Å². The van der Waals surface area contributed by atoms with Gasteiger partial charge in [0.2, 0.25) is 16.6 Å². The zero-order valence-corrected chi connectivity index (χ0v) is 26.9. The molecule has 0 saturated carbocycles. The number of hydrogen-bond donors (Lipinski definition) is 0. The lowest BCUT2D eigenvalue weighted by molar-refractivity contribution is 0.290. The minimum absolute atomic E-state index is 0.733. The molecule has 0 heterocycles. The van der Waals surface area contributed by atoms with E-state index in [0.29, 0.717) is 0 Å². The summed E-state index contributed by atoms with van der Waals surface area (Å²) < 4.78 is 14.1. The Bertz CT molecular complexity index is 386. The van der Waals surface area contributed by atoms with Crippen LogP contribution in [0.2, 0.25) is 24.2 Å². The lowest BCUT2D eigenvalue weighted by Crippen LogP contribution is -2.54. The van der Waals surface area contributed by atoms with Crippen LogP contribution in [0, 0.1) is 0 Å². The summed E-state index contributed by atoms with van der Waals surface area (Å²) in [4.78, 5) is 1.47. The standard InChI is InChI=1S/C28H62O2SSi2/c1-9-17-19-27(32(23-13-5,24-14-6)29-21-11-3)31-28(20-18-10-2)33(25-15-7,26-16-8)30-22-12-4/h27-28H,9-26H2,1-8H3. The van der Waals surface area contributed by atoms with Crippen molar-refractivity contribution in [1.82, 2.24) is 0 Å². The highest BCUT2D eigenvalue weighted by atomic mass is 32.2. The lowest BCUT2D eigenvalue weighted by atomic mass is 10.3. The van der Waals surface area contributed by atoms with Gasteiger partial charge in [-0.3, -0.25) is 0 Å². The van der Waals surface area contributed by atoms with Crippen molar-refractivity contribution < 1.29 is 8.85 Å². The van der Waals surface area contributed by atoms with E-state index in [1.54, 1.807) is 0 Å². The second-order valence-corrected chi connectivity index (χ2v) is 20.7. The van der Waals surface area contributed by atoms with Gasteiger partial charge in [-0.05, 0) is 49.9 Å². The molecule has 33 heavy (non-hydrogen) atoms. The van der Waals surface area contributed by atoms with E-state index in [2.05, 4.69) is 67.2 Å². The zero-order valence-electron chi connectivity index (χ0n) is 24.1. The van der Waals surface area contributed by atoms with Crippen LogP contribution in [-0.4, -0.2) is 39.6 Å². The molecule has 0 aliphatic carbocycles. The Hall–Kier alpha value is 0.704. The van der Waals surface area contributed by atoms with E-state index in [1.165, 1.54) is 88.4 Å². The van der Waals surface area contributed by atoms with Crippen molar-refractivity contribution in [2.24, 2.45) is 0 Å². The van der Waals surface area contributed by atoms with Gasteiger partial charge in [0.1, 0.15) is 0 Å². The predicted molar refractivity (Wildman–Crippen MR) is 159 cm³/mol. The monoisotopic (exact) mass is 518 g/mol. The summed E-state index contributed by atoms with van der Waals surface area (Å²) in [6.07, 6.45) is 15.4. The smallest absolute Gasteiger partial charge is 0.205 e. The first-order valence-corrected chi connectivity index (χ1v) is 20.7. The van der Waals surface area contributed by atoms with Crippen molar-refractivity contribution in [3.8, 4) is 0 Å². The predicted octanol–water partition coefficient (Wildman–Crippen LogP) is 10.3. The van der Waals surface area contributed by atoms with E-state index >= 15 is 0 Å². The van der Waals surface area contributed by atoms with Crippen LogP contribution in [0.4, 0.5) is 0 Å². The quantitative estimate of drug-likeness (QED) is 0.118. The van der Waals surface area contributed by atoms with E-state index in [0.717, 1.165) is 35.8 Å². The second-order valence-electron chi connectivity index (χ2n) is 10.2. The van der Waals surface area contributed by atoms with Crippen LogP contribution in [0.3, 0.4) is 0 Å². The molecule has 0 aromatic rings. The molecule has 0 N–H and O–H groups in total. The third kappa shape index (κ3) is 12.0. The largest absolute Gasteiger partial charge is 0.416 e. The Morgan fingerprint density at radius 1 is 0.485 bits per heavy atom. The molecular weight excluding hydrogens is 457 g/mol. The Labute approximate surface area is 216 Å². The van der Waals surface area contributed by atoms with Gasteiger partial charge < -0.3 is 8.85 Å². The molecule has 0 spiro atoms. The van der Waals surface area contributed by atoms with Crippen molar-refractivity contribution in [2.45, 2.75) is 166 Å². The molecule has 0 aromatic carbocycles. The van der Waals surface area contributed by atoms with E-state index in [-0.39, 0.29) is 0 Å². The fourth-order valence-corrected chi connectivity index (χ4v) is 20.6. The van der Waals surface area contributed by atoms with Gasteiger partial charge >= 0.3 is 0 Å². The maximum Gasteiger partial charge on any atom is 0.205 e. The van der Waals surface area contributed by atoms with Gasteiger partial charge in [-0.1, -0.05) is 107 Å². The van der Waals surface area contributed by atoms with Gasteiger partial charge in [-0.2, -0.15) is 11.8 Å². The highest BCUT2D eigenvalue weighted by Crippen LogP contribution is 2.44.